The third kappa shape index (κ3) is 4.71. The Morgan fingerprint density at radius 3 is 2.93 bits per heavy atom. The molecule has 0 aliphatic rings. The maximum Gasteiger partial charge on any atom is 0.121 e. The lowest BCUT2D eigenvalue weighted by molar-refractivity contribution is 0.157. The summed E-state index contributed by atoms with van der Waals surface area (Å²) in [4.78, 5) is 0. The van der Waals surface area contributed by atoms with E-state index in [2.05, 4.69) is 26.8 Å². The molecule has 1 N–H and O–H groups in total. The molecule has 0 bridgehead atoms. The second-order valence-electron chi connectivity index (χ2n) is 3.48. The van der Waals surface area contributed by atoms with Crippen LogP contribution in [-0.2, 0) is 11.3 Å². The van der Waals surface area contributed by atoms with Crippen molar-refractivity contribution < 1.29 is 9.37 Å². The zero-order valence-electron chi connectivity index (χ0n) is 9.25. The number of ether oxygens (including phenoxy) is 1. The molecule has 0 aliphatic heterocycles. The molecule has 1 rings (SSSR count). The molecule has 5 heteroatoms. The van der Waals surface area contributed by atoms with Gasteiger partial charge in [0.15, 0.2) is 0 Å². The maximum atomic E-state index is 5.32. The van der Waals surface area contributed by atoms with Crippen molar-refractivity contribution in [2.75, 3.05) is 19.8 Å². The summed E-state index contributed by atoms with van der Waals surface area (Å²) in [5.41, 5.74) is 2.70. The predicted octanol–water partition coefficient (Wildman–Crippen LogP) is 1.06. The van der Waals surface area contributed by atoms with Crippen LogP contribution in [0.2, 0.25) is 0 Å². The summed E-state index contributed by atoms with van der Waals surface area (Å²) in [5, 5.41) is 10.6. The molecule has 0 spiro atoms. The molecule has 0 amide bonds. The fraction of sp³-hybridized carbons (Fsp3) is 0.600. The first-order chi connectivity index (χ1) is 7.20. The molecule has 0 unspecified atom stereocenters. The Kier molecular flexibility index (Phi) is 5.00. The van der Waals surface area contributed by atoms with Gasteiger partial charge in [-0.05, 0) is 13.8 Å². The number of aryl methyl sites for hydroxylation is 1. The molecule has 0 atom stereocenters. The summed E-state index contributed by atoms with van der Waals surface area (Å²) in [7, 11) is 0. The highest BCUT2D eigenvalue weighted by molar-refractivity contribution is 5.03. The van der Waals surface area contributed by atoms with Crippen LogP contribution in [0.4, 0.5) is 0 Å². The van der Waals surface area contributed by atoms with Gasteiger partial charge in [-0.3, -0.25) is 0 Å². The molecule has 0 fully saturated rings. The van der Waals surface area contributed by atoms with Gasteiger partial charge in [-0.15, -0.1) is 0 Å². The number of hydrogen-bond donors (Lipinski definition) is 1. The van der Waals surface area contributed by atoms with Crippen molar-refractivity contribution in [3.63, 3.8) is 0 Å². The number of nitrogens with one attached hydrogen (secondary N) is 1. The van der Waals surface area contributed by atoms with Crippen LogP contribution in [0.25, 0.3) is 0 Å². The lowest BCUT2D eigenvalue weighted by Crippen LogP contribution is -2.20. The summed E-state index contributed by atoms with van der Waals surface area (Å²) in [6.07, 6.45) is 0. The SMILES string of the molecule is C=C(C)COCCNCc1nonc1C. The van der Waals surface area contributed by atoms with Crippen LogP contribution < -0.4 is 5.32 Å². The summed E-state index contributed by atoms with van der Waals surface area (Å²) >= 11 is 0. The van der Waals surface area contributed by atoms with Crippen LogP contribution in [0.1, 0.15) is 18.3 Å². The van der Waals surface area contributed by atoms with Crippen molar-refractivity contribution in [1.82, 2.24) is 15.6 Å². The third-order valence-electron chi connectivity index (χ3n) is 1.81. The quantitative estimate of drug-likeness (QED) is 0.540. The molecule has 0 saturated heterocycles. The van der Waals surface area contributed by atoms with Gasteiger partial charge in [-0.1, -0.05) is 22.5 Å². The minimum atomic E-state index is 0.617. The molecular formula is C10H17N3O2. The number of nitrogens with zero attached hydrogens (tertiary/aromatic N) is 2. The smallest absolute Gasteiger partial charge is 0.121 e. The zero-order chi connectivity index (χ0) is 11.1. The van der Waals surface area contributed by atoms with E-state index in [0.29, 0.717) is 19.8 Å². The van der Waals surface area contributed by atoms with Crippen LogP contribution in [0.5, 0.6) is 0 Å². The average molecular weight is 211 g/mol. The number of rotatable bonds is 7. The normalized spacial score (nSPS) is 10.5. The molecule has 0 saturated carbocycles. The fourth-order valence-corrected chi connectivity index (χ4v) is 1.01. The highest BCUT2D eigenvalue weighted by Gasteiger charge is 2.02. The van der Waals surface area contributed by atoms with E-state index in [1.165, 1.54) is 0 Å². The van der Waals surface area contributed by atoms with E-state index in [9.17, 15) is 0 Å². The van der Waals surface area contributed by atoms with Gasteiger partial charge in [0.05, 0.1) is 13.2 Å². The first-order valence-corrected chi connectivity index (χ1v) is 4.91. The Hall–Kier alpha value is -1.20. The zero-order valence-corrected chi connectivity index (χ0v) is 9.25. The highest BCUT2D eigenvalue weighted by Crippen LogP contribution is 1.98. The monoisotopic (exact) mass is 211 g/mol. The lowest BCUT2D eigenvalue weighted by atomic mass is 10.3. The van der Waals surface area contributed by atoms with Crippen LogP contribution in [0.3, 0.4) is 0 Å². The fourth-order valence-electron chi connectivity index (χ4n) is 1.01. The molecular weight excluding hydrogens is 194 g/mol. The Morgan fingerprint density at radius 1 is 1.53 bits per heavy atom. The standard InChI is InChI=1S/C10H17N3O2/c1-8(2)7-14-5-4-11-6-10-9(3)12-15-13-10/h11H,1,4-7H2,2-3H3. The van der Waals surface area contributed by atoms with Gasteiger partial charge < -0.3 is 10.1 Å². The molecule has 1 aromatic rings. The molecule has 5 nitrogen and oxygen atoms in total. The second kappa shape index (κ2) is 6.31. The minimum Gasteiger partial charge on any atom is -0.376 e. The number of aromatic nitrogens is 2. The Balaban J connectivity index is 2.03. The largest absolute Gasteiger partial charge is 0.376 e. The molecule has 1 heterocycles. The van der Waals surface area contributed by atoms with Crippen LogP contribution >= 0.6 is 0 Å². The van der Waals surface area contributed by atoms with Crippen LogP contribution in [-0.4, -0.2) is 30.1 Å². The first-order valence-electron chi connectivity index (χ1n) is 4.91. The first kappa shape index (κ1) is 11.9. The van der Waals surface area contributed by atoms with Gasteiger partial charge in [0.2, 0.25) is 0 Å². The van der Waals surface area contributed by atoms with Gasteiger partial charge in [-0.2, -0.15) is 0 Å². The lowest BCUT2D eigenvalue weighted by Gasteiger charge is -2.04. The Labute approximate surface area is 89.5 Å². The van der Waals surface area contributed by atoms with E-state index in [1.807, 2.05) is 13.8 Å². The molecule has 0 aliphatic carbocycles. The number of hydrogen-bond acceptors (Lipinski definition) is 5. The van der Waals surface area contributed by atoms with E-state index in [0.717, 1.165) is 23.5 Å². The van der Waals surface area contributed by atoms with Crippen LogP contribution in [0, 0.1) is 6.92 Å². The van der Waals surface area contributed by atoms with Crippen molar-refractivity contribution >= 4 is 0 Å². The van der Waals surface area contributed by atoms with Gasteiger partial charge in [0.25, 0.3) is 0 Å². The topological polar surface area (TPSA) is 60.2 Å². The van der Waals surface area contributed by atoms with Crippen molar-refractivity contribution in [3.8, 4) is 0 Å². The summed E-state index contributed by atoms with van der Waals surface area (Å²) in [6, 6.07) is 0. The molecule has 0 aromatic carbocycles. The Bertz CT molecular complexity index is 309. The van der Waals surface area contributed by atoms with Gasteiger partial charge in [0.1, 0.15) is 11.4 Å². The molecule has 84 valence electrons. The molecule has 15 heavy (non-hydrogen) atoms. The van der Waals surface area contributed by atoms with Gasteiger partial charge in [-0.25, -0.2) is 4.63 Å². The third-order valence-corrected chi connectivity index (χ3v) is 1.81. The summed E-state index contributed by atoms with van der Waals surface area (Å²) < 4.78 is 9.90. The van der Waals surface area contributed by atoms with E-state index in [4.69, 9.17) is 4.74 Å². The van der Waals surface area contributed by atoms with Crippen molar-refractivity contribution in [1.29, 1.82) is 0 Å². The minimum absolute atomic E-state index is 0.617. The highest BCUT2D eigenvalue weighted by atomic mass is 16.6. The maximum absolute atomic E-state index is 5.32. The van der Waals surface area contributed by atoms with Crippen molar-refractivity contribution in [2.45, 2.75) is 20.4 Å². The summed E-state index contributed by atoms with van der Waals surface area (Å²) in [6.45, 7) is 10.3. The van der Waals surface area contributed by atoms with E-state index in [1.54, 1.807) is 0 Å². The summed E-state index contributed by atoms with van der Waals surface area (Å²) in [5.74, 6) is 0. The van der Waals surface area contributed by atoms with Gasteiger partial charge >= 0.3 is 0 Å². The Morgan fingerprint density at radius 2 is 2.33 bits per heavy atom. The van der Waals surface area contributed by atoms with E-state index < -0.39 is 0 Å². The van der Waals surface area contributed by atoms with E-state index >= 15 is 0 Å². The van der Waals surface area contributed by atoms with Crippen molar-refractivity contribution in [2.24, 2.45) is 0 Å². The average Bonchev–Trinajstić information content (AvgIpc) is 2.57. The molecule has 0 radical (unpaired) electrons. The van der Waals surface area contributed by atoms with Crippen molar-refractivity contribution in [3.05, 3.63) is 23.5 Å². The van der Waals surface area contributed by atoms with Gasteiger partial charge in [0, 0.05) is 13.1 Å². The van der Waals surface area contributed by atoms with E-state index in [-0.39, 0.29) is 0 Å². The molecule has 1 aromatic heterocycles. The predicted molar refractivity (Wildman–Crippen MR) is 56.4 cm³/mol. The van der Waals surface area contributed by atoms with Crippen LogP contribution in [0.15, 0.2) is 16.8 Å². The second-order valence-corrected chi connectivity index (χ2v) is 3.48.